The van der Waals surface area contributed by atoms with Crippen LogP contribution in [-0.4, -0.2) is 25.5 Å². The summed E-state index contributed by atoms with van der Waals surface area (Å²) >= 11 is 2.22. The summed E-state index contributed by atoms with van der Waals surface area (Å²) < 4.78 is 11.6. The van der Waals surface area contributed by atoms with Crippen LogP contribution < -0.4 is 14.8 Å². The molecule has 0 spiro atoms. The van der Waals surface area contributed by atoms with Gasteiger partial charge in [0.15, 0.2) is 0 Å². The molecule has 0 bridgehead atoms. The molecular weight excluding hydrogens is 577 g/mol. The Morgan fingerprint density at radius 1 is 0.722 bits per heavy atom. The third-order valence-electron chi connectivity index (χ3n) is 7.53. The van der Waals surface area contributed by atoms with Gasteiger partial charge in [-0.15, -0.1) is 0 Å². The molecule has 2 fully saturated rings. The molecule has 2 aromatic carbocycles. The Balaban J connectivity index is 0.000000845. The number of unbranched alkanes of at least 4 members (excludes halogenated alkanes) is 1. The van der Waals surface area contributed by atoms with Crippen molar-refractivity contribution < 1.29 is 27.7 Å². The van der Waals surface area contributed by atoms with Gasteiger partial charge in [0, 0.05) is 13.5 Å². The fourth-order valence-electron chi connectivity index (χ4n) is 5.67. The van der Waals surface area contributed by atoms with E-state index in [0.29, 0.717) is 0 Å². The topological polar surface area (TPSA) is 18.5 Å². The first-order valence-corrected chi connectivity index (χ1v) is 17.2. The maximum absolute atomic E-state index is 5.80. The van der Waals surface area contributed by atoms with E-state index >= 15 is 0 Å². The first-order valence-electron chi connectivity index (χ1n) is 13.5. The molecule has 206 valence electrons. The molecular formula is C31H49ClO2PPd+. The molecule has 2 saturated carbocycles. The van der Waals surface area contributed by atoms with Gasteiger partial charge in [0.25, 0.3) is 0 Å². The molecule has 0 heterocycles. The molecule has 0 unspecified atom stereocenters. The summed E-state index contributed by atoms with van der Waals surface area (Å²) in [5.41, 5.74) is 4.33. The Morgan fingerprint density at radius 3 is 1.58 bits per heavy atom. The summed E-state index contributed by atoms with van der Waals surface area (Å²) in [6.07, 6.45) is 16.9. The molecule has 4 rings (SSSR count). The van der Waals surface area contributed by atoms with E-state index in [9.17, 15) is 0 Å². The standard InChI is InChI=1S/C26H35O2P.C4H10.CH3.ClH.Pd/c1-27-23-17-11-18-24(28-2)26(23)22-16-9-10-19-25(22)29(20-12-5-3-6-13-20)21-14-7-4-8-15-21;1-3-4-2;;;/h9-11,16-21H,3-8,12-15H2,1-2H3;3-4H2,1-2H3;1H3;1H;/q;;-1;;+2. The predicted molar refractivity (Wildman–Crippen MR) is 160 cm³/mol. The summed E-state index contributed by atoms with van der Waals surface area (Å²) in [7, 11) is 7.37. The van der Waals surface area contributed by atoms with Gasteiger partial charge in [-0.3, -0.25) is 0 Å². The van der Waals surface area contributed by atoms with Crippen molar-refractivity contribution in [1.82, 2.24) is 0 Å². The van der Waals surface area contributed by atoms with Gasteiger partial charge in [-0.25, -0.2) is 0 Å². The van der Waals surface area contributed by atoms with E-state index in [1.807, 2.05) is 6.07 Å². The van der Waals surface area contributed by atoms with E-state index in [0.717, 1.165) is 28.4 Å². The molecule has 0 aliphatic heterocycles. The monoisotopic (exact) mass is 625 g/mol. The molecule has 0 N–H and O–H groups in total. The fourth-order valence-corrected chi connectivity index (χ4v) is 10.1. The van der Waals surface area contributed by atoms with Gasteiger partial charge in [-0.1, -0.05) is 63.8 Å². The Bertz CT molecular complexity index is 793. The molecule has 2 aliphatic rings. The molecule has 2 aliphatic carbocycles. The second kappa shape index (κ2) is 19.5. The normalized spacial score (nSPS) is 16.1. The van der Waals surface area contributed by atoms with Crippen molar-refractivity contribution in [3.63, 3.8) is 0 Å². The van der Waals surface area contributed by atoms with Crippen LogP contribution in [0.15, 0.2) is 42.5 Å². The molecule has 0 saturated heterocycles. The number of hydrogen-bond donors (Lipinski definition) is 0. The third-order valence-corrected chi connectivity index (χ3v) is 11.5. The first kappa shape index (κ1) is 33.5. The summed E-state index contributed by atoms with van der Waals surface area (Å²) in [4.78, 5) is 0. The van der Waals surface area contributed by atoms with E-state index in [2.05, 4.69) is 78.0 Å². The SMILES string of the molecule is CCCC.COc1cccc(OC)c1-c1ccccc1[PH+](C1CCCCC1)C1CCCCC1.[CH3-].[Cl][Pd+]. The van der Waals surface area contributed by atoms with Crippen molar-refractivity contribution in [1.29, 1.82) is 0 Å². The molecule has 5 heteroatoms. The molecule has 0 radical (unpaired) electrons. The number of rotatable bonds is 7. The quantitative estimate of drug-likeness (QED) is 0.173. The third kappa shape index (κ3) is 9.31. The van der Waals surface area contributed by atoms with E-state index in [1.54, 1.807) is 19.5 Å². The van der Waals surface area contributed by atoms with Crippen LogP contribution in [0.3, 0.4) is 0 Å². The summed E-state index contributed by atoms with van der Waals surface area (Å²) in [5.74, 6) is 1.84. The number of methoxy groups -OCH3 is 2. The van der Waals surface area contributed by atoms with E-state index in [-0.39, 0.29) is 7.43 Å². The van der Waals surface area contributed by atoms with E-state index in [1.165, 1.54) is 82.6 Å². The van der Waals surface area contributed by atoms with Crippen LogP contribution in [0, 0.1) is 7.43 Å². The van der Waals surface area contributed by atoms with E-state index in [4.69, 9.17) is 9.47 Å². The number of ether oxygens (including phenoxy) is 2. The fraction of sp³-hybridized carbons (Fsp3) is 0.581. The van der Waals surface area contributed by atoms with Crippen molar-refractivity contribution >= 4 is 22.8 Å². The van der Waals surface area contributed by atoms with E-state index < -0.39 is 7.92 Å². The molecule has 36 heavy (non-hydrogen) atoms. The van der Waals surface area contributed by atoms with Gasteiger partial charge in [-0.05, 0) is 69.6 Å². The van der Waals surface area contributed by atoms with Crippen LogP contribution in [0.2, 0.25) is 0 Å². The van der Waals surface area contributed by atoms with Crippen LogP contribution in [-0.2, 0) is 18.2 Å². The van der Waals surface area contributed by atoms with Gasteiger partial charge >= 0.3 is 27.7 Å². The zero-order valence-corrected chi connectivity index (χ0v) is 26.5. The van der Waals surface area contributed by atoms with Crippen molar-refractivity contribution in [2.45, 2.75) is 102 Å². The summed E-state index contributed by atoms with van der Waals surface area (Å²) in [5, 5.41) is 1.62. The van der Waals surface area contributed by atoms with Crippen molar-refractivity contribution in [2.75, 3.05) is 14.2 Å². The van der Waals surface area contributed by atoms with Gasteiger partial charge < -0.3 is 16.9 Å². The second-order valence-corrected chi connectivity index (χ2v) is 12.8. The first-order chi connectivity index (χ1) is 17.2. The van der Waals surface area contributed by atoms with Gasteiger partial charge in [0.1, 0.15) is 16.8 Å². The Kier molecular flexibility index (Phi) is 18.1. The van der Waals surface area contributed by atoms with Gasteiger partial charge in [0.2, 0.25) is 0 Å². The number of halogens is 1. The average molecular weight is 627 g/mol. The van der Waals surface area contributed by atoms with Crippen molar-refractivity contribution in [3.8, 4) is 22.6 Å². The summed E-state index contributed by atoms with van der Waals surface area (Å²) in [6, 6.07) is 15.4. The zero-order valence-electron chi connectivity index (χ0n) is 23.2. The zero-order chi connectivity index (χ0) is 25.5. The number of benzene rings is 2. The Hall–Kier alpha value is -0.578. The van der Waals surface area contributed by atoms with Crippen LogP contribution in [0.1, 0.15) is 90.9 Å². The van der Waals surface area contributed by atoms with Gasteiger partial charge in [0.05, 0.1) is 31.1 Å². The van der Waals surface area contributed by atoms with Crippen LogP contribution in [0.5, 0.6) is 11.5 Å². The molecule has 2 aromatic rings. The second-order valence-electron chi connectivity index (χ2n) is 9.71. The van der Waals surface area contributed by atoms with Gasteiger partial charge in [-0.2, -0.15) is 0 Å². The Morgan fingerprint density at radius 2 is 1.17 bits per heavy atom. The average Bonchev–Trinajstić information content (AvgIpc) is 2.95. The van der Waals surface area contributed by atoms with Crippen LogP contribution >= 0.6 is 17.5 Å². The van der Waals surface area contributed by atoms with Crippen LogP contribution in [0.25, 0.3) is 11.1 Å². The number of hydrogen-bond acceptors (Lipinski definition) is 2. The molecule has 0 atom stereocenters. The minimum absolute atomic E-state index is 0. The molecule has 0 aromatic heterocycles. The van der Waals surface area contributed by atoms with Crippen molar-refractivity contribution in [2.24, 2.45) is 0 Å². The van der Waals surface area contributed by atoms with Crippen LogP contribution in [0.4, 0.5) is 0 Å². The Labute approximate surface area is 238 Å². The predicted octanol–water partition coefficient (Wildman–Crippen LogP) is 9.82. The van der Waals surface area contributed by atoms with Crippen molar-refractivity contribution in [3.05, 3.63) is 49.9 Å². The minimum atomic E-state index is -0.660. The maximum atomic E-state index is 5.80. The molecule has 2 nitrogen and oxygen atoms in total. The molecule has 0 amide bonds. The summed E-state index contributed by atoms with van der Waals surface area (Å²) in [6.45, 7) is 4.36.